The maximum absolute atomic E-state index is 12.9. The van der Waals surface area contributed by atoms with Gasteiger partial charge in [-0.1, -0.05) is 42.8 Å². The van der Waals surface area contributed by atoms with Crippen LogP contribution in [-0.4, -0.2) is 41.0 Å². The molecule has 0 N–H and O–H groups in total. The number of carbonyl (C=O) groups excluding carboxylic acids is 2. The molecule has 1 unspecified atom stereocenters. The summed E-state index contributed by atoms with van der Waals surface area (Å²) in [6.45, 7) is 1.77. The fourth-order valence-corrected chi connectivity index (χ4v) is 3.94. The SMILES string of the molecule is CCC(=O)N(C)CC(=O)N1N=C(c2cccs2)CC1c1ccccc1Cl. The van der Waals surface area contributed by atoms with E-state index in [0.29, 0.717) is 17.9 Å². The van der Waals surface area contributed by atoms with Crippen molar-refractivity contribution < 1.29 is 9.59 Å². The number of nitrogens with zero attached hydrogens (tertiary/aromatic N) is 3. The first-order valence-electron chi connectivity index (χ1n) is 8.43. The number of halogens is 1. The fraction of sp³-hybridized carbons (Fsp3) is 0.316. The topological polar surface area (TPSA) is 53.0 Å². The minimum absolute atomic E-state index is 0.00511. The van der Waals surface area contributed by atoms with Crippen LogP contribution in [0.25, 0.3) is 0 Å². The lowest BCUT2D eigenvalue weighted by atomic mass is 10.0. The molecule has 5 nitrogen and oxygen atoms in total. The van der Waals surface area contributed by atoms with Gasteiger partial charge in [0.15, 0.2) is 0 Å². The van der Waals surface area contributed by atoms with E-state index in [9.17, 15) is 9.59 Å². The molecule has 0 saturated carbocycles. The van der Waals surface area contributed by atoms with E-state index in [1.165, 1.54) is 9.91 Å². The molecule has 0 aliphatic carbocycles. The van der Waals surface area contributed by atoms with Gasteiger partial charge in [0.05, 0.1) is 16.6 Å². The van der Waals surface area contributed by atoms with E-state index in [1.807, 2.05) is 41.8 Å². The van der Waals surface area contributed by atoms with Gasteiger partial charge in [0.25, 0.3) is 5.91 Å². The maximum Gasteiger partial charge on any atom is 0.262 e. The van der Waals surface area contributed by atoms with E-state index in [4.69, 9.17) is 11.6 Å². The van der Waals surface area contributed by atoms with Gasteiger partial charge < -0.3 is 4.90 Å². The van der Waals surface area contributed by atoms with Crippen LogP contribution in [0.2, 0.25) is 5.02 Å². The highest BCUT2D eigenvalue weighted by molar-refractivity contribution is 7.12. The van der Waals surface area contributed by atoms with Gasteiger partial charge in [0.2, 0.25) is 5.91 Å². The van der Waals surface area contributed by atoms with Gasteiger partial charge >= 0.3 is 0 Å². The number of benzene rings is 1. The number of hydrazone groups is 1. The van der Waals surface area contributed by atoms with Gasteiger partial charge in [-0.05, 0) is 23.1 Å². The molecule has 0 saturated heterocycles. The molecule has 1 aromatic carbocycles. The van der Waals surface area contributed by atoms with Gasteiger partial charge in [-0.3, -0.25) is 9.59 Å². The van der Waals surface area contributed by atoms with Crippen molar-refractivity contribution in [3.05, 3.63) is 57.2 Å². The highest BCUT2D eigenvalue weighted by atomic mass is 35.5. The minimum Gasteiger partial charge on any atom is -0.336 e. The van der Waals surface area contributed by atoms with Gasteiger partial charge in [0.1, 0.15) is 6.54 Å². The summed E-state index contributed by atoms with van der Waals surface area (Å²) in [6, 6.07) is 11.2. The quantitative estimate of drug-likeness (QED) is 0.777. The summed E-state index contributed by atoms with van der Waals surface area (Å²) in [6.07, 6.45) is 0.961. The van der Waals surface area contributed by atoms with E-state index >= 15 is 0 Å². The van der Waals surface area contributed by atoms with Crippen molar-refractivity contribution in [2.45, 2.75) is 25.8 Å². The summed E-state index contributed by atoms with van der Waals surface area (Å²) in [5.41, 5.74) is 1.73. The van der Waals surface area contributed by atoms with Crippen LogP contribution in [0.1, 0.15) is 36.2 Å². The number of likely N-dealkylation sites (N-methyl/N-ethyl adjacent to an activating group) is 1. The molecule has 26 heavy (non-hydrogen) atoms. The van der Waals surface area contributed by atoms with Crippen LogP contribution >= 0.6 is 22.9 Å². The van der Waals surface area contributed by atoms with Crippen molar-refractivity contribution >= 4 is 40.5 Å². The Kier molecular flexibility index (Phi) is 5.74. The Hall–Kier alpha value is -2.18. The molecule has 7 heteroatoms. The van der Waals surface area contributed by atoms with Gasteiger partial charge in [0, 0.05) is 24.9 Å². The molecular formula is C19H20ClN3O2S. The van der Waals surface area contributed by atoms with Crippen molar-refractivity contribution in [1.82, 2.24) is 9.91 Å². The van der Waals surface area contributed by atoms with E-state index in [2.05, 4.69) is 5.10 Å². The monoisotopic (exact) mass is 389 g/mol. The Balaban J connectivity index is 1.90. The summed E-state index contributed by atoms with van der Waals surface area (Å²) in [4.78, 5) is 27.2. The van der Waals surface area contributed by atoms with Crippen LogP contribution in [0.5, 0.6) is 0 Å². The Bertz CT molecular complexity index is 835. The molecule has 2 heterocycles. The van der Waals surface area contributed by atoms with E-state index in [-0.39, 0.29) is 24.4 Å². The molecule has 0 fully saturated rings. The number of hydrogen-bond acceptors (Lipinski definition) is 4. The number of hydrogen-bond donors (Lipinski definition) is 0. The zero-order chi connectivity index (χ0) is 18.7. The standard InChI is InChI=1S/C19H20ClN3O2S/c1-3-18(24)22(2)12-19(25)23-16(13-7-4-5-8-14(13)20)11-15(21-23)17-9-6-10-26-17/h4-10,16H,3,11-12H2,1-2H3. The molecule has 136 valence electrons. The molecule has 0 radical (unpaired) electrons. The molecule has 1 aliphatic heterocycles. The molecule has 1 atom stereocenters. The second kappa shape index (κ2) is 8.01. The molecule has 1 aromatic heterocycles. The van der Waals surface area contributed by atoms with Crippen LogP contribution in [0.3, 0.4) is 0 Å². The summed E-state index contributed by atoms with van der Waals surface area (Å²) in [7, 11) is 1.63. The third-order valence-corrected chi connectivity index (χ3v) is 5.60. The lowest BCUT2D eigenvalue weighted by Crippen LogP contribution is -2.39. The van der Waals surface area contributed by atoms with E-state index < -0.39 is 0 Å². The molecule has 3 rings (SSSR count). The number of thiophene rings is 1. The Morgan fingerprint density at radius 2 is 2.08 bits per heavy atom. The third kappa shape index (κ3) is 3.81. The largest absolute Gasteiger partial charge is 0.336 e. The average molecular weight is 390 g/mol. The predicted molar refractivity (Wildman–Crippen MR) is 104 cm³/mol. The van der Waals surface area contributed by atoms with Gasteiger partial charge in [-0.15, -0.1) is 11.3 Å². The first kappa shape index (κ1) is 18.6. The number of rotatable bonds is 5. The molecule has 2 aromatic rings. The second-order valence-corrected chi connectivity index (χ2v) is 7.46. The fourth-order valence-electron chi connectivity index (χ4n) is 2.95. The highest BCUT2D eigenvalue weighted by Crippen LogP contribution is 2.36. The predicted octanol–water partition coefficient (Wildman–Crippen LogP) is 3.95. The minimum atomic E-state index is -0.265. The average Bonchev–Trinajstić information content (AvgIpc) is 3.30. The van der Waals surface area contributed by atoms with Gasteiger partial charge in [-0.25, -0.2) is 5.01 Å². The Morgan fingerprint density at radius 1 is 1.31 bits per heavy atom. The van der Waals surface area contributed by atoms with Crippen molar-refractivity contribution in [2.75, 3.05) is 13.6 Å². The molecule has 1 aliphatic rings. The van der Waals surface area contributed by atoms with Crippen molar-refractivity contribution in [2.24, 2.45) is 5.10 Å². The molecular weight excluding hydrogens is 370 g/mol. The van der Waals surface area contributed by atoms with Crippen LogP contribution < -0.4 is 0 Å². The normalized spacial score (nSPS) is 16.5. The van der Waals surface area contributed by atoms with E-state index in [0.717, 1.165) is 16.2 Å². The van der Waals surface area contributed by atoms with Crippen molar-refractivity contribution in [3.63, 3.8) is 0 Å². The Morgan fingerprint density at radius 3 is 2.73 bits per heavy atom. The zero-order valence-electron chi connectivity index (χ0n) is 14.7. The molecule has 2 amide bonds. The van der Waals surface area contributed by atoms with Crippen LogP contribution in [0, 0.1) is 0 Å². The summed E-state index contributed by atoms with van der Waals surface area (Å²) in [5, 5.41) is 8.66. The highest BCUT2D eigenvalue weighted by Gasteiger charge is 2.35. The lowest BCUT2D eigenvalue weighted by Gasteiger charge is -2.25. The van der Waals surface area contributed by atoms with Crippen LogP contribution in [0.15, 0.2) is 46.9 Å². The summed E-state index contributed by atoms with van der Waals surface area (Å²) >= 11 is 7.97. The van der Waals surface area contributed by atoms with Crippen molar-refractivity contribution in [1.29, 1.82) is 0 Å². The first-order valence-corrected chi connectivity index (χ1v) is 9.68. The van der Waals surface area contributed by atoms with Crippen molar-refractivity contribution in [3.8, 4) is 0 Å². The lowest BCUT2D eigenvalue weighted by molar-refractivity contribution is -0.140. The number of carbonyl (C=O) groups is 2. The molecule has 0 spiro atoms. The molecule has 0 bridgehead atoms. The Labute approximate surface area is 161 Å². The summed E-state index contributed by atoms with van der Waals surface area (Å²) < 4.78 is 0. The summed E-state index contributed by atoms with van der Waals surface area (Å²) in [5.74, 6) is -0.292. The van der Waals surface area contributed by atoms with Crippen LogP contribution in [0.4, 0.5) is 0 Å². The maximum atomic E-state index is 12.9. The van der Waals surface area contributed by atoms with Gasteiger partial charge in [-0.2, -0.15) is 5.10 Å². The smallest absolute Gasteiger partial charge is 0.262 e. The first-order chi connectivity index (χ1) is 12.5. The zero-order valence-corrected chi connectivity index (χ0v) is 16.3. The van der Waals surface area contributed by atoms with E-state index in [1.54, 1.807) is 25.3 Å². The second-order valence-electron chi connectivity index (χ2n) is 6.11. The third-order valence-electron chi connectivity index (χ3n) is 4.34. The number of amides is 2. The van der Waals surface area contributed by atoms with Crippen LogP contribution in [-0.2, 0) is 9.59 Å².